The Bertz CT molecular complexity index is 291. The lowest BCUT2D eigenvalue weighted by molar-refractivity contribution is -0.117. The summed E-state index contributed by atoms with van der Waals surface area (Å²) >= 11 is 0. The standard InChI is InChI=1S/C17H34N2O/c1-5-8-15-13-19(14(4)12-18-15)16-9-10-20-17(6-2,7-3)11-16/h14-16,18H,5-13H2,1-4H3. The zero-order valence-corrected chi connectivity index (χ0v) is 14.0. The van der Waals surface area contributed by atoms with Crippen molar-refractivity contribution in [1.29, 1.82) is 0 Å². The van der Waals surface area contributed by atoms with E-state index in [1.165, 1.54) is 32.2 Å². The van der Waals surface area contributed by atoms with E-state index >= 15 is 0 Å². The summed E-state index contributed by atoms with van der Waals surface area (Å²) in [6, 6.07) is 2.08. The van der Waals surface area contributed by atoms with Gasteiger partial charge in [-0.1, -0.05) is 27.2 Å². The minimum atomic E-state index is 0.147. The molecule has 0 aliphatic carbocycles. The molecule has 2 rings (SSSR count). The maximum atomic E-state index is 6.15. The second-order valence-corrected chi connectivity index (χ2v) is 6.82. The number of hydrogen-bond donors (Lipinski definition) is 1. The van der Waals surface area contributed by atoms with E-state index in [4.69, 9.17) is 4.74 Å². The van der Waals surface area contributed by atoms with Gasteiger partial charge in [0.05, 0.1) is 5.60 Å². The van der Waals surface area contributed by atoms with Crippen LogP contribution in [-0.2, 0) is 4.74 Å². The molecule has 0 aromatic heterocycles. The van der Waals surface area contributed by atoms with Gasteiger partial charge in [-0.25, -0.2) is 0 Å². The molecule has 1 N–H and O–H groups in total. The van der Waals surface area contributed by atoms with Crippen LogP contribution in [0.5, 0.6) is 0 Å². The average molecular weight is 282 g/mol. The van der Waals surface area contributed by atoms with Crippen LogP contribution in [0.4, 0.5) is 0 Å². The third-order valence-corrected chi connectivity index (χ3v) is 5.56. The Morgan fingerprint density at radius 1 is 1.25 bits per heavy atom. The first-order chi connectivity index (χ1) is 9.64. The number of rotatable bonds is 5. The van der Waals surface area contributed by atoms with Crippen LogP contribution in [0.2, 0.25) is 0 Å². The van der Waals surface area contributed by atoms with Gasteiger partial charge in [-0.2, -0.15) is 0 Å². The number of hydrogen-bond acceptors (Lipinski definition) is 3. The molecule has 3 heteroatoms. The van der Waals surface area contributed by atoms with E-state index in [9.17, 15) is 0 Å². The van der Waals surface area contributed by atoms with Crippen molar-refractivity contribution in [1.82, 2.24) is 10.2 Å². The summed E-state index contributed by atoms with van der Waals surface area (Å²) in [5.41, 5.74) is 0.147. The Labute approximate surface area is 125 Å². The minimum Gasteiger partial charge on any atom is -0.375 e. The zero-order valence-electron chi connectivity index (χ0n) is 14.0. The van der Waals surface area contributed by atoms with E-state index in [0.29, 0.717) is 12.1 Å². The molecular weight excluding hydrogens is 248 g/mol. The highest BCUT2D eigenvalue weighted by atomic mass is 16.5. The molecule has 3 atom stereocenters. The summed E-state index contributed by atoms with van der Waals surface area (Å²) in [6.45, 7) is 12.6. The summed E-state index contributed by atoms with van der Waals surface area (Å²) < 4.78 is 6.15. The fourth-order valence-electron chi connectivity index (χ4n) is 4.03. The predicted octanol–water partition coefficient (Wildman–Crippen LogP) is 3.19. The van der Waals surface area contributed by atoms with E-state index in [-0.39, 0.29) is 5.60 Å². The van der Waals surface area contributed by atoms with Crippen molar-refractivity contribution in [3.8, 4) is 0 Å². The van der Waals surface area contributed by atoms with Gasteiger partial charge in [0.1, 0.15) is 0 Å². The molecule has 118 valence electrons. The SMILES string of the molecule is CCCC1CN(C2CCOC(CC)(CC)C2)C(C)CN1. The van der Waals surface area contributed by atoms with Crippen LogP contribution < -0.4 is 5.32 Å². The van der Waals surface area contributed by atoms with E-state index in [2.05, 4.69) is 37.9 Å². The molecule has 2 saturated heterocycles. The lowest BCUT2D eigenvalue weighted by Crippen LogP contribution is -2.60. The Morgan fingerprint density at radius 3 is 2.65 bits per heavy atom. The number of nitrogens with one attached hydrogen (secondary N) is 1. The van der Waals surface area contributed by atoms with E-state index in [1.54, 1.807) is 0 Å². The van der Waals surface area contributed by atoms with Crippen LogP contribution in [0.25, 0.3) is 0 Å². The van der Waals surface area contributed by atoms with Gasteiger partial charge in [-0.05, 0) is 39.0 Å². The lowest BCUT2D eigenvalue weighted by atomic mass is 9.84. The van der Waals surface area contributed by atoms with Crippen molar-refractivity contribution >= 4 is 0 Å². The fraction of sp³-hybridized carbons (Fsp3) is 1.00. The molecule has 0 aromatic carbocycles. The van der Waals surface area contributed by atoms with Gasteiger partial charge in [0.2, 0.25) is 0 Å². The third-order valence-electron chi connectivity index (χ3n) is 5.56. The van der Waals surface area contributed by atoms with Crippen LogP contribution in [0, 0.1) is 0 Å². The fourth-order valence-corrected chi connectivity index (χ4v) is 4.03. The molecule has 0 amide bonds. The monoisotopic (exact) mass is 282 g/mol. The third kappa shape index (κ3) is 3.55. The van der Waals surface area contributed by atoms with Crippen LogP contribution in [0.3, 0.4) is 0 Å². The Morgan fingerprint density at radius 2 is 2.00 bits per heavy atom. The summed E-state index contributed by atoms with van der Waals surface area (Å²) in [4.78, 5) is 2.78. The highest BCUT2D eigenvalue weighted by Gasteiger charge is 2.39. The maximum Gasteiger partial charge on any atom is 0.0692 e. The first-order valence-corrected chi connectivity index (χ1v) is 8.77. The molecule has 2 fully saturated rings. The number of ether oxygens (including phenoxy) is 1. The second-order valence-electron chi connectivity index (χ2n) is 6.82. The second kappa shape index (κ2) is 7.24. The molecule has 0 spiro atoms. The molecule has 3 unspecified atom stereocenters. The normalized spacial score (nSPS) is 35.1. The molecule has 2 aliphatic heterocycles. The first-order valence-electron chi connectivity index (χ1n) is 8.77. The molecule has 0 saturated carbocycles. The van der Waals surface area contributed by atoms with Crippen molar-refractivity contribution in [2.24, 2.45) is 0 Å². The molecule has 0 bridgehead atoms. The van der Waals surface area contributed by atoms with Crippen molar-refractivity contribution < 1.29 is 4.74 Å². The Kier molecular flexibility index (Phi) is 5.88. The van der Waals surface area contributed by atoms with E-state index in [0.717, 1.165) is 32.0 Å². The van der Waals surface area contributed by atoms with Crippen molar-refractivity contribution in [2.75, 3.05) is 19.7 Å². The summed E-state index contributed by atoms with van der Waals surface area (Å²) in [6.07, 6.45) is 7.33. The number of piperazine rings is 1. The molecule has 0 aromatic rings. The van der Waals surface area contributed by atoms with Crippen LogP contribution in [0.1, 0.15) is 66.2 Å². The summed E-state index contributed by atoms with van der Waals surface area (Å²) in [5, 5.41) is 3.71. The van der Waals surface area contributed by atoms with E-state index in [1.807, 2.05) is 0 Å². The smallest absolute Gasteiger partial charge is 0.0692 e. The molecule has 2 aliphatic rings. The quantitative estimate of drug-likeness (QED) is 0.838. The van der Waals surface area contributed by atoms with Gasteiger partial charge in [0, 0.05) is 37.8 Å². The van der Waals surface area contributed by atoms with Gasteiger partial charge < -0.3 is 10.1 Å². The van der Waals surface area contributed by atoms with Gasteiger partial charge >= 0.3 is 0 Å². The highest BCUT2D eigenvalue weighted by Crippen LogP contribution is 2.34. The average Bonchev–Trinajstić information content (AvgIpc) is 2.49. The molecule has 2 heterocycles. The van der Waals surface area contributed by atoms with Gasteiger partial charge in [0.25, 0.3) is 0 Å². The van der Waals surface area contributed by atoms with Gasteiger partial charge in [-0.15, -0.1) is 0 Å². The molecular formula is C17H34N2O. The molecule has 0 radical (unpaired) electrons. The van der Waals surface area contributed by atoms with Gasteiger partial charge in [0.15, 0.2) is 0 Å². The summed E-state index contributed by atoms with van der Waals surface area (Å²) in [7, 11) is 0. The van der Waals surface area contributed by atoms with Crippen LogP contribution in [0.15, 0.2) is 0 Å². The molecule has 20 heavy (non-hydrogen) atoms. The minimum absolute atomic E-state index is 0.147. The van der Waals surface area contributed by atoms with Gasteiger partial charge in [-0.3, -0.25) is 4.90 Å². The predicted molar refractivity (Wildman–Crippen MR) is 85.2 cm³/mol. The van der Waals surface area contributed by atoms with E-state index < -0.39 is 0 Å². The Balaban J connectivity index is 2.01. The number of nitrogens with zero attached hydrogens (tertiary/aromatic N) is 1. The van der Waals surface area contributed by atoms with Crippen molar-refractivity contribution in [3.05, 3.63) is 0 Å². The maximum absolute atomic E-state index is 6.15. The van der Waals surface area contributed by atoms with Crippen molar-refractivity contribution in [2.45, 2.75) is 89.9 Å². The molecule has 3 nitrogen and oxygen atoms in total. The lowest BCUT2D eigenvalue weighted by Gasteiger charge is -2.49. The van der Waals surface area contributed by atoms with Crippen LogP contribution >= 0.6 is 0 Å². The Hall–Kier alpha value is -0.120. The van der Waals surface area contributed by atoms with Crippen LogP contribution in [-0.4, -0.2) is 48.3 Å². The largest absolute Gasteiger partial charge is 0.375 e. The first kappa shape index (κ1) is 16.3. The summed E-state index contributed by atoms with van der Waals surface area (Å²) in [5.74, 6) is 0. The topological polar surface area (TPSA) is 24.5 Å². The zero-order chi connectivity index (χ0) is 14.6. The highest BCUT2D eigenvalue weighted by molar-refractivity contribution is 4.94. The van der Waals surface area contributed by atoms with Crippen molar-refractivity contribution in [3.63, 3.8) is 0 Å².